The minimum absolute atomic E-state index is 0.407. The molecule has 1 N–H and O–H groups in total. The number of para-hydroxylation sites is 1. The number of halogens is 2. The highest BCUT2D eigenvalue weighted by atomic mass is 32.2. The van der Waals surface area contributed by atoms with Gasteiger partial charge in [-0.25, -0.2) is 13.2 Å². The molecule has 0 aliphatic heterocycles. The van der Waals surface area contributed by atoms with Crippen molar-refractivity contribution in [1.29, 1.82) is 0 Å². The standard InChI is InChI=1S/C9H8F2O5S/c10-9(11)17(14,15)7-4-2-1-3-6(7)16-5-8(12)13/h1-4,9H,5H2,(H,12,13). The smallest absolute Gasteiger partial charge is 0.341 e. The Labute approximate surface area is 95.6 Å². The van der Waals surface area contributed by atoms with E-state index in [1.807, 2.05) is 0 Å². The van der Waals surface area contributed by atoms with Gasteiger partial charge in [-0.1, -0.05) is 12.1 Å². The molecule has 5 nitrogen and oxygen atoms in total. The lowest BCUT2D eigenvalue weighted by Crippen LogP contribution is -2.15. The van der Waals surface area contributed by atoms with Crippen molar-refractivity contribution >= 4 is 15.8 Å². The molecule has 0 radical (unpaired) electrons. The van der Waals surface area contributed by atoms with E-state index in [2.05, 4.69) is 4.74 Å². The van der Waals surface area contributed by atoms with Crippen LogP contribution < -0.4 is 4.74 Å². The van der Waals surface area contributed by atoms with Crippen molar-refractivity contribution in [3.63, 3.8) is 0 Å². The minimum Gasteiger partial charge on any atom is -0.481 e. The molecular formula is C9H8F2O5S. The van der Waals surface area contributed by atoms with Gasteiger partial charge in [-0.05, 0) is 12.1 Å². The molecule has 94 valence electrons. The van der Waals surface area contributed by atoms with Gasteiger partial charge in [0.1, 0.15) is 10.6 Å². The van der Waals surface area contributed by atoms with Crippen molar-refractivity contribution in [3.05, 3.63) is 24.3 Å². The first-order valence-electron chi connectivity index (χ1n) is 4.31. The third-order valence-electron chi connectivity index (χ3n) is 1.74. The summed E-state index contributed by atoms with van der Waals surface area (Å²) >= 11 is 0. The van der Waals surface area contributed by atoms with E-state index in [0.717, 1.165) is 12.1 Å². The van der Waals surface area contributed by atoms with Gasteiger partial charge >= 0.3 is 11.7 Å². The molecule has 0 aromatic heterocycles. The largest absolute Gasteiger partial charge is 0.481 e. The number of hydrogen-bond donors (Lipinski definition) is 1. The summed E-state index contributed by atoms with van der Waals surface area (Å²) < 4.78 is 51.7. The summed E-state index contributed by atoms with van der Waals surface area (Å²) in [6, 6.07) is 4.63. The molecule has 0 bridgehead atoms. The Morgan fingerprint density at radius 3 is 2.47 bits per heavy atom. The van der Waals surface area contributed by atoms with Gasteiger partial charge in [0.2, 0.25) is 9.84 Å². The molecule has 0 heterocycles. The lowest BCUT2D eigenvalue weighted by Gasteiger charge is -2.09. The number of ether oxygens (including phenoxy) is 1. The van der Waals surface area contributed by atoms with E-state index in [4.69, 9.17) is 5.11 Å². The van der Waals surface area contributed by atoms with Crippen molar-refractivity contribution < 1.29 is 31.8 Å². The van der Waals surface area contributed by atoms with E-state index in [-0.39, 0.29) is 0 Å². The summed E-state index contributed by atoms with van der Waals surface area (Å²) in [7, 11) is -4.81. The normalized spacial score (nSPS) is 11.5. The molecule has 0 aliphatic carbocycles. The lowest BCUT2D eigenvalue weighted by atomic mass is 10.3. The molecule has 1 aromatic carbocycles. The van der Waals surface area contributed by atoms with Crippen LogP contribution >= 0.6 is 0 Å². The number of alkyl halides is 2. The molecule has 0 saturated carbocycles. The predicted molar refractivity (Wildman–Crippen MR) is 52.8 cm³/mol. The summed E-state index contributed by atoms with van der Waals surface area (Å²) in [6.45, 7) is -0.810. The van der Waals surface area contributed by atoms with Crippen molar-refractivity contribution in [2.45, 2.75) is 10.7 Å². The molecule has 17 heavy (non-hydrogen) atoms. The number of carboxylic acid groups (broad SMARTS) is 1. The topological polar surface area (TPSA) is 80.7 Å². The number of carbonyl (C=O) groups is 1. The van der Waals surface area contributed by atoms with Crippen LogP contribution in [0.5, 0.6) is 5.75 Å². The molecule has 0 atom stereocenters. The fraction of sp³-hybridized carbons (Fsp3) is 0.222. The van der Waals surface area contributed by atoms with Crippen LogP contribution in [0.15, 0.2) is 29.2 Å². The highest BCUT2D eigenvalue weighted by molar-refractivity contribution is 7.91. The van der Waals surface area contributed by atoms with Crippen molar-refractivity contribution in [2.24, 2.45) is 0 Å². The first kappa shape index (κ1) is 13.4. The molecule has 0 saturated heterocycles. The Kier molecular flexibility index (Phi) is 4.00. The number of benzene rings is 1. The van der Waals surface area contributed by atoms with Gasteiger partial charge in [-0.3, -0.25) is 0 Å². The number of sulfone groups is 1. The first-order valence-corrected chi connectivity index (χ1v) is 5.86. The second kappa shape index (κ2) is 5.09. The van der Waals surface area contributed by atoms with Crippen molar-refractivity contribution in [2.75, 3.05) is 6.61 Å². The minimum atomic E-state index is -4.81. The Bertz CT molecular complexity index is 512. The summed E-state index contributed by atoms with van der Waals surface area (Å²) in [5.74, 6) is -5.33. The van der Waals surface area contributed by atoms with Gasteiger partial charge in [-0.15, -0.1) is 0 Å². The average Bonchev–Trinajstić information content (AvgIpc) is 2.26. The second-order valence-electron chi connectivity index (χ2n) is 2.93. The average molecular weight is 266 g/mol. The molecule has 0 fully saturated rings. The zero-order chi connectivity index (χ0) is 13.1. The molecule has 1 aromatic rings. The summed E-state index contributed by atoms with van der Waals surface area (Å²) in [6.07, 6.45) is 0. The van der Waals surface area contributed by atoms with E-state index < -0.39 is 38.8 Å². The van der Waals surface area contributed by atoms with Gasteiger partial charge in [0.05, 0.1) is 0 Å². The molecule has 8 heteroatoms. The van der Waals surface area contributed by atoms with Crippen LogP contribution in [0.3, 0.4) is 0 Å². The Morgan fingerprint density at radius 1 is 1.35 bits per heavy atom. The quantitative estimate of drug-likeness (QED) is 0.864. The monoisotopic (exact) mass is 266 g/mol. The van der Waals surface area contributed by atoms with Gasteiger partial charge in [0.25, 0.3) is 0 Å². The maximum atomic E-state index is 12.3. The highest BCUT2D eigenvalue weighted by Crippen LogP contribution is 2.27. The van der Waals surface area contributed by atoms with Gasteiger partial charge in [-0.2, -0.15) is 8.78 Å². The third kappa shape index (κ3) is 3.13. The van der Waals surface area contributed by atoms with Crippen LogP contribution in [0.25, 0.3) is 0 Å². The molecule has 0 aliphatic rings. The number of rotatable bonds is 5. The van der Waals surface area contributed by atoms with Crippen LogP contribution in [-0.2, 0) is 14.6 Å². The summed E-state index contributed by atoms with van der Waals surface area (Å²) in [5.41, 5.74) is 0. The fourth-order valence-electron chi connectivity index (χ4n) is 1.04. The lowest BCUT2D eigenvalue weighted by molar-refractivity contribution is -0.139. The van der Waals surface area contributed by atoms with Crippen molar-refractivity contribution in [1.82, 2.24) is 0 Å². The van der Waals surface area contributed by atoms with Crippen LogP contribution in [-0.4, -0.2) is 31.9 Å². The van der Waals surface area contributed by atoms with Crippen LogP contribution in [0.1, 0.15) is 0 Å². The van der Waals surface area contributed by atoms with Crippen LogP contribution in [0.4, 0.5) is 8.78 Å². The maximum Gasteiger partial charge on any atom is 0.341 e. The number of carboxylic acids is 1. The fourth-order valence-corrected chi connectivity index (χ4v) is 1.91. The van der Waals surface area contributed by atoms with E-state index in [1.54, 1.807) is 0 Å². The highest BCUT2D eigenvalue weighted by Gasteiger charge is 2.29. The van der Waals surface area contributed by atoms with Gasteiger partial charge < -0.3 is 9.84 Å². The van der Waals surface area contributed by atoms with Gasteiger partial charge in [0, 0.05) is 0 Å². The molecule has 0 spiro atoms. The van der Waals surface area contributed by atoms with E-state index >= 15 is 0 Å². The van der Waals surface area contributed by atoms with Gasteiger partial charge in [0.15, 0.2) is 6.61 Å². The van der Waals surface area contributed by atoms with Crippen LogP contribution in [0.2, 0.25) is 0 Å². The number of aliphatic carboxylic acids is 1. The molecular weight excluding hydrogens is 258 g/mol. The first-order chi connectivity index (χ1) is 7.85. The summed E-state index contributed by atoms with van der Waals surface area (Å²) in [5, 5.41) is 8.36. The molecule has 0 unspecified atom stereocenters. The van der Waals surface area contributed by atoms with E-state index in [9.17, 15) is 22.0 Å². The van der Waals surface area contributed by atoms with Crippen LogP contribution in [0, 0.1) is 0 Å². The number of hydrogen-bond acceptors (Lipinski definition) is 4. The second-order valence-corrected chi connectivity index (χ2v) is 4.82. The van der Waals surface area contributed by atoms with E-state index in [1.165, 1.54) is 12.1 Å². The van der Waals surface area contributed by atoms with E-state index in [0.29, 0.717) is 0 Å². The Balaban J connectivity index is 3.12. The Hall–Kier alpha value is -1.70. The van der Waals surface area contributed by atoms with Crippen molar-refractivity contribution in [3.8, 4) is 5.75 Å². The summed E-state index contributed by atoms with van der Waals surface area (Å²) in [4.78, 5) is 9.52. The Morgan fingerprint density at radius 2 is 1.94 bits per heavy atom. The predicted octanol–water partition coefficient (Wildman–Crippen LogP) is 1.15. The zero-order valence-corrected chi connectivity index (χ0v) is 9.15. The SMILES string of the molecule is O=C(O)COc1ccccc1S(=O)(=O)C(F)F. The molecule has 1 rings (SSSR count). The maximum absolute atomic E-state index is 12.3. The third-order valence-corrected chi connectivity index (χ3v) is 3.16. The molecule has 0 amide bonds. The zero-order valence-electron chi connectivity index (χ0n) is 8.34.